The van der Waals surface area contributed by atoms with Crippen LogP contribution in [0.4, 0.5) is 0 Å². The highest BCUT2D eigenvalue weighted by molar-refractivity contribution is 5.20. The van der Waals surface area contributed by atoms with E-state index in [1.165, 1.54) is 0 Å². The summed E-state index contributed by atoms with van der Waals surface area (Å²) in [5.74, 6) is 1.74. The number of para-hydroxylation sites is 1. The average Bonchev–Trinajstić information content (AvgIpc) is 2.85. The molecule has 2 aromatic rings. The van der Waals surface area contributed by atoms with Crippen molar-refractivity contribution in [1.82, 2.24) is 10.1 Å². The molecule has 5 nitrogen and oxygen atoms in total. The molecule has 1 unspecified atom stereocenters. The van der Waals surface area contributed by atoms with E-state index in [1.807, 2.05) is 37.3 Å². The smallest absolute Gasteiger partial charge is 0.243 e. The van der Waals surface area contributed by atoms with Gasteiger partial charge in [-0.25, -0.2) is 0 Å². The monoisotopic (exact) mass is 233 g/mol. The van der Waals surface area contributed by atoms with Gasteiger partial charge in [0.05, 0.1) is 6.04 Å². The van der Waals surface area contributed by atoms with Crippen LogP contribution in [0.25, 0.3) is 0 Å². The number of benzene rings is 1. The van der Waals surface area contributed by atoms with Crippen LogP contribution in [0.2, 0.25) is 0 Å². The van der Waals surface area contributed by atoms with Crippen molar-refractivity contribution in [3.63, 3.8) is 0 Å². The average molecular weight is 233 g/mol. The van der Waals surface area contributed by atoms with Crippen LogP contribution >= 0.6 is 0 Å². The topological polar surface area (TPSA) is 74.2 Å². The number of nitrogens with zero attached hydrogens (tertiary/aromatic N) is 2. The molecule has 0 aliphatic rings. The zero-order valence-corrected chi connectivity index (χ0v) is 9.67. The van der Waals surface area contributed by atoms with Gasteiger partial charge in [-0.1, -0.05) is 30.3 Å². The lowest BCUT2D eigenvalue weighted by Crippen LogP contribution is -2.09. The molecule has 0 saturated heterocycles. The molecule has 5 heteroatoms. The first-order chi connectivity index (χ1) is 8.29. The minimum atomic E-state index is -0.201. The van der Waals surface area contributed by atoms with E-state index in [-0.39, 0.29) is 12.6 Å². The third-order valence-corrected chi connectivity index (χ3v) is 2.35. The van der Waals surface area contributed by atoms with Crippen LogP contribution in [-0.2, 0) is 6.61 Å². The minimum Gasteiger partial charge on any atom is -0.485 e. The molecule has 2 rings (SSSR count). The molecule has 0 bridgehead atoms. The Morgan fingerprint density at radius 3 is 2.82 bits per heavy atom. The van der Waals surface area contributed by atoms with Gasteiger partial charge >= 0.3 is 0 Å². The molecule has 1 atom stereocenters. The van der Waals surface area contributed by atoms with Gasteiger partial charge in [0, 0.05) is 0 Å². The Morgan fingerprint density at radius 2 is 2.12 bits per heavy atom. The molecule has 90 valence electrons. The highest BCUT2D eigenvalue weighted by Crippen LogP contribution is 2.13. The van der Waals surface area contributed by atoms with Crippen molar-refractivity contribution in [1.29, 1.82) is 0 Å². The Kier molecular flexibility index (Phi) is 3.72. The highest BCUT2D eigenvalue weighted by atomic mass is 16.5. The van der Waals surface area contributed by atoms with E-state index in [0.29, 0.717) is 11.7 Å². The van der Waals surface area contributed by atoms with Crippen LogP contribution in [0.3, 0.4) is 0 Å². The van der Waals surface area contributed by atoms with Gasteiger partial charge in [0.2, 0.25) is 11.7 Å². The first-order valence-corrected chi connectivity index (χ1v) is 5.55. The third kappa shape index (κ3) is 3.04. The highest BCUT2D eigenvalue weighted by Gasteiger charge is 2.12. The second-order valence-corrected chi connectivity index (χ2v) is 3.67. The minimum absolute atomic E-state index is 0.201. The van der Waals surface area contributed by atoms with Crippen molar-refractivity contribution in [3.8, 4) is 5.75 Å². The lowest BCUT2D eigenvalue weighted by Gasteiger charge is -2.01. The molecule has 2 N–H and O–H groups in total. The molecule has 17 heavy (non-hydrogen) atoms. The summed E-state index contributed by atoms with van der Waals surface area (Å²) in [6.45, 7) is 2.25. The third-order valence-electron chi connectivity index (χ3n) is 2.35. The summed E-state index contributed by atoms with van der Waals surface area (Å²) in [5.41, 5.74) is 5.78. The van der Waals surface area contributed by atoms with Gasteiger partial charge < -0.3 is 15.0 Å². The molecule has 1 aromatic carbocycles. The molecule has 1 aromatic heterocycles. The fraction of sp³-hybridized carbons (Fsp3) is 0.333. The van der Waals surface area contributed by atoms with Gasteiger partial charge in [-0.2, -0.15) is 4.98 Å². The van der Waals surface area contributed by atoms with Crippen molar-refractivity contribution >= 4 is 0 Å². The summed E-state index contributed by atoms with van der Waals surface area (Å²) < 4.78 is 10.5. The molecule has 0 saturated carbocycles. The largest absolute Gasteiger partial charge is 0.485 e. The van der Waals surface area contributed by atoms with Crippen LogP contribution in [-0.4, -0.2) is 10.1 Å². The Labute approximate surface area is 99.6 Å². The maximum Gasteiger partial charge on any atom is 0.243 e. The fourth-order valence-corrected chi connectivity index (χ4v) is 1.32. The zero-order chi connectivity index (χ0) is 12.1. The Bertz CT molecular complexity index is 456. The maximum absolute atomic E-state index is 5.78. The molecule has 0 spiro atoms. The molecule has 0 amide bonds. The second-order valence-electron chi connectivity index (χ2n) is 3.67. The summed E-state index contributed by atoms with van der Waals surface area (Å²) >= 11 is 0. The first-order valence-electron chi connectivity index (χ1n) is 5.55. The molecule has 0 aliphatic heterocycles. The standard InChI is InChI=1S/C12H15N3O2/c1-2-10(13)12-14-11(15-17-12)8-16-9-6-4-3-5-7-9/h3-7,10H,2,8,13H2,1H3. The van der Waals surface area contributed by atoms with Crippen LogP contribution in [0.1, 0.15) is 31.1 Å². The quantitative estimate of drug-likeness (QED) is 0.855. The summed E-state index contributed by atoms with van der Waals surface area (Å²) in [7, 11) is 0. The number of hydrogen-bond donors (Lipinski definition) is 1. The lowest BCUT2D eigenvalue weighted by atomic mass is 10.2. The predicted octanol–water partition coefficient (Wildman–Crippen LogP) is 2.06. The fourth-order valence-electron chi connectivity index (χ4n) is 1.32. The Morgan fingerprint density at radius 1 is 1.35 bits per heavy atom. The van der Waals surface area contributed by atoms with Crippen molar-refractivity contribution in [2.24, 2.45) is 5.73 Å². The molecule has 0 radical (unpaired) electrons. The van der Waals surface area contributed by atoms with E-state index in [4.69, 9.17) is 15.0 Å². The molecule has 0 aliphatic carbocycles. The number of ether oxygens (including phenoxy) is 1. The van der Waals surface area contributed by atoms with Gasteiger partial charge in [-0.05, 0) is 18.6 Å². The van der Waals surface area contributed by atoms with E-state index >= 15 is 0 Å². The van der Waals surface area contributed by atoms with Crippen molar-refractivity contribution in [3.05, 3.63) is 42.0 Å². The summed E-state index contributed by atoms with van der Waals surface area (Å²) in [6.07, 6.45) is 0.765. The summed E-state index contributed by atoms with van der Waals surface area (Å²) in [4.78, 5) is 4.17. The van der Waals surface area contributed by atoms with E-state index < -0.39 is 0 Å². The maximum atomic E-state index is 5.78. The molecule has 0 fully saturated rings. The molecule has 1 heterocycles. The van der Waals surface area contributed by atoms with E-state index in [1.54, 1.807) is 0 Å². The van der Waals surface area contributed by atoms with E-state index in [9.17, 15) is 0 Å². The first kappa shape index (κ1) is 11.6. The number of hydrogen-bond acceptors (Lipinski definition) is 5. The summed E-state index contributed by atoms with van der Waals surface area (Å²) in [5, 5.41) is 3.81. The number of nitrogens with two attached hydrogens (primary N) is 1. The van der Waals surface area contributed by atoms with Crippen LogP contribution < -0.4 is 10.5 Å². The second kappa shape index (κ2) is 5.45. The van der Waals surface area contributed by atoms with Crippen molar-refractivity contribution in [2.75, 3.05) is 0 Å². The van der Waals surface area contributed by atoms with Crippen molar-refractivity contribution in [2.45, 2.75) is 26.0 Å². The van der Waals surface area contributed by atoms with Gasteiger partial charge in [0.25, 0.3) is 0 Å². The van der Waals surface area contributed by atoms with Crippen LogP contribution in [0.5, 0.6) is 5.75 Å². The Balaban J connectivity index is 1.94. The van der Waals surface area contributed by atoms with Crippen molar-refractivity contribution < 1.29 is 9.26 Å². The van der Waals surface area contributed by atoms with E-state index in [2.05, 4.69) is 10.1 Å². The van der Waals surface area contributed by atoms with Gasteiger partial charge in [0.15, 0.2) is 6.61 Å². The number of rotatable bonds is 5. The van der Waals surface area contributed by atoms with E-state index in [0.717, 1.165) is 12.2 Å². The molecular formula is C12H15N3O2. The SMILES string of the molecule is CCC(N)c1nc(COc2ccccc2)no1. The summed E-state index contributed by atoms with van der Waals surface area (Å²) in [6, 6.07) is 9.29. The van der Waals surface area contributed by atoms with Gasteiger partial charge in [-0.3, -0.25) is 0 Å². The van der Waals surface area contributed by atoms with Crippen LogP contribution in [0.15, 0.2) is 34.9 Å². The zero-order valence-electron chi connectivity index (χ0n) is 9.67. The van der Waals surface area contributed by atoms with Gasteiger partial charge in [-0.15, -0.1) is 0 Å². The normalized spacial score (nSPS) is 12.4. The lowest BCUT2D eigenvalue weighted by molar-refractivity contribution is 0.283. The molecular weight excluding hydrogens is 218 g/mol. The van der Waals surface area contributed by atoms with Crippen LogP contribution in [0, 0.1) is 0 Å². The number of aromatic nitrogens is 2. The predicted molar refractivity (Wildman–Crippen MR) is 62.3 cm³/mol. The Hall–Kier alpha value is -1.88. The van der Waals surface area contributed by atoms with Gasteiger partial charge in [0.1, 0.15) is 5.75 Å².